The molecule has 0 heterocycles. The van der Waals surface area contributed by atoms with E-state index < -0.39 is 12.6 Å². The summed E-state index contributed by atoms with van der Waals surface area (Å²) in [7, 11) is 1.62. The van der Waals surface area contributed by atoms with Crippen molar-refractivity contribution in [2.45, 2.75) is 64.3 Å². The standard InChI is InChI=1S/C12H24F3NO/c1-4-8-16-11(9-10(2)17-3)6-5-7-12(13,14)15/h10-11,16H,4-9H2,1-3H3. The Morgan fingerprint density at radius 1 is 1.29 bits per heavy atom. The molecule has 104 valence electrons. The summed E-state index contributed by atoms with van der Waals surface area (Å²) in [5.41, 5.74) is 0. The van der Waals surface area contributed by atoms with Crippen LogP contribution in [0.4, 0.5) is 13.2 Å². The third kappa shape index (κ3) is 10.6. The van der Waals surface area contributed by atoms with Crippen LogP contribution in [0, 0.1) is 0 Å². The fourth-order valence-electron chi connectivity index (χ4n) is 1.70. The molecule has 0 aliphatic carbocycles. The molecule has 5 heteroatoms. The van der Waals surface area contributed by atoms with E-state index in [1.807, 2.05) is 13.8 Å². The third-order valence-corrected chi connectivity index (χ3v) is 2.71. The Labute approximate surface area is 102 Å². The average Bonchev–Trinajstić information content (AvgIpc) is 2.23. The van der Waals surface area contributed by atoms with Gasteiger partial charge in [-0.15, -0.1) is 0 Å². The van der Waals surface area contributed by atoms with Crippen molar-refractivity contribution in [2.75, 3.05) is 13.7 Å². The van der Waals surface area contributed by atoms with Gasteiger partial charge in [0.2, 0.25) is 0 Å². The van der Waals surface area contributed by atoms with E-state index in [-0.39, 0.29) is 18.6 Å². The van der Waals surface area contributed by atoms with Crippen LogP contribution in [0.25, 0.3) is 0 Å². The van der Waals surface area contributed by atoms with Crippen molar-refractivity contribution < 1.29 is 17.9 Å². The molecule has 0 aliphatic rings. The summed E-state index contributed by atoms with van der Waals surface area (Å²) in [5.74, 6) is 0. The quantitative estimate of drug-likeness (QED) is 0.680. The molecule has 17 heavy (non-hydrogen) atoms. The summed E-state index contributed by atoms with van der Waals surface area (Å²) in [6.45, 7) is 4.82. The molecule has 0 radical (unpaired) electrons. The fourth-order valence-corrected chi connectivity index (χ4v) is 1.70. The summed E-state index contributed by atoms with van der Waals surface area (Å²) in [4.78, 5) is 0. The van der Waals surface area contributed by atoms with Gasteiger partial charge in [-0.1, -0.05) is 6.92 Å². The molecule has 1 N–H and O–H groups in total. The first-order chi connectivity index (χ1) is 7.89. The molecule has 0 amide bonds. The highest BCUT2D eigenvalue weighted by molar-refractivity contribution is 4.71. The lowest BCUT2D eigenvalue weighted by Gasteiger charge is -2.21. The minimum atomic E-state index is -4.04. The van der Waals surface area contributed by atoms with Crippen LogP contribution in [0.2, 0.25) is 0 Å². The number of hydrogen-bond acceptors (Lipinski definition) is 2. The van der Waals surface area contributed by atoms with Gasteiger partial charge < -0.3 is 10.1 Å². The largest absolute Gasteiger partial charge is 0.389 e. The summed E-state index contributed by atoms with van der Waals surface area (Å²) >= 11 is 0. The lowest BCUT2D eigenvalue weighted by molar-refractivity contribution is -0.135. The van der Waals surface area contributed by atoms with Crippen LogP contribution in [0.1, 0.15) is 46.0 Å². The van der Waals surface area contributed by atoms with Crippen LogP contribution in [-0.2, 0) is 4.74 Å². The number of nitrogens with one attached hydrogen (secondary N) is 1. The first kappa shape index (κ1) is 16.7. The molecule has 0 saturated carbocycles. The second kappa shape index (κ2) is 8.75. The van der Waals surface area contributed by atoms with Crippen LogP contribution in [0.15, 0.2) is 0 Å². The number of halogens is 3. The Kier molecular flexibility index (Phi) is 8.60. The molecule has 0 aliphatic heterocycles. The predicted octanol–water partition coefficient (Wildman–Crippen LogP) is 3.51. The predicted molar refractivity (Wildman–Crippen MR) is 63.1 cm³/mol. The maximum absolute atomic E-state index is 12.0. The lowest BCUT2D eigenvalue weighted by Crippen LogP contribution is -2.33. The average molecular weight is 255 g/mol. The molecule has 0 spiro atoms. The van der Waals surface area contributed by atoms with Gasteiger partial charge in [-0.3, -0.25) is 0 Å². The van der Waals surface area contributed by atoms with Crippen molar-refractivity contribution in [3.63, 3.8) is 0 Å². The first-order valence-corrected chi connectivity index (χ1v) is 6.22. The normalized spacial score (nSPS) is 15.9. The van der Waals surface area contributed by atoms with E-state index in [4.69, 9.17) is 4.74 Å². The van der Waals surface area contributed by atoms with Gasteiger partial charge in [0, 0.05) is 19.6 Å². The van der Waals surface area contributed by atoms with Gasteiger partial charge in [0.05, 0.1) is 6.10 Å². The number of ether oxygens (including phenoxy) is 1. The van der Waals surface area contributed by atoms with E-state index in [1.165, 1.54) is 0 Å². The fraction of sp³-hybridized carbons (Fsp3) is 1.00. The topological polar surface area (TPSA) is 21.3 Å². The first-order valence-electron chi connectivity index (χ1n) is 6.22. The second-order valence-corrected chi connectivity index (χ2v) is 4.44. The Bertz CT molecular complexity index is 185. The molecule has 0 aromatic heterocycles. The van der Waals surface area contributed by atoms with E-state index in [1.54, 1.807) is 7.11 Å². The zero-order valence-electron chi connectivity index (χ0n) is 10.9. The highest BCUT2D eigenvalue weighted by Crippen LogP contribution is 2.23. The summed E-state index contributed by atoms with van der Waals surface area (Å²) in [6, 6.07) is 0.118. The monoisotopic (exact) mass is 255 g/mol. The number of rotatable bonds is 9. The van der Waals surface area contributed by atoms with Crippen molar-refractivity contribution in [3.05, 3.63) is 0 Å². The number of methoxy groups -OCH3 is 1. The third-order valence-electron chi connectivity index (χ3n) is 2.71. The van der Waals surface area contributed by atoms with Crippen molar-refractivity contribution >= 4 is 0 Å². The van der Waals surface area contributed by atoms with Gasteiger partial charge in [-0.2, -0.15) is 13.2 Å². The molecule has 2 unspecified atom stereocenters. The molecule has 0 aromatic carbocycles. The maximum Gasteiger partial charge on any atom is 0.389 e. The zero-order valence-corrected chi connectivity index (χ0v) is 10.9. The molecule has 0 saturated heterocycles. The smallest absolute Gasteiger partial charge is 0.382 e. The summed E-state index contributed by atoms with van der Waals surface area (Å²) < 4.78 is 41.3. The number of alkyl halides is 3. The van der Waals surface area contributed by atoms with Crippen molar-refractivity contribution in [3.8, 4) is 0 Å². The summed E-state index contributed by atoms with van der Waals surface area (Å²) in [5, 5.41) is 3.27. The van der Waals surface area contributed by atoms with Crippen molar-refractivity contribution in [1.82, 2.24) is 5.32 Å². The Hall–Kier alpha value is -0.290. The Morgan fingerprint density at radius 2 is 1.94 bits per heavy atom. The molecule has 2 atom stereocenters. The molecular formula is C12H24F3NO. The molecule has 0 bridgehead atoms. The maximum atomic E-state index is 12.0. The molecule has 0 aromatic rings. The van der Waals surface area contributed by atoms with Crippen LogP contribution in [0.5, 0.6) is 0 Å². The molecule has 0 fully saturated rings. The van der Waals surface area contributed by atoms with Crippen molar-refractivity contribution in [2.24, 2.45) is 0 Å². The van der Waals surface area contributed by atoms with Gasteiger partial charge in [0.25, 0.3) is 0 Å². The van der Waals surface area contributed by atoms with E-state index in [0.717, 1.165) is 19.4 Å². The second-order valence-electron chi connectivity index (χ2n) is 4.44. The summed E-state index contributed by atoms with van der Waals surface area (Å²) in [6.07, 6.45) is -2.18. The van der Waals surface area contributed by atoms with Crippen LogP contribution < -0.4 is 5.32 Å². The molecule has 0 rings (SSSR count). The van der Waals surface area contributed by atoms with Crippen LogP contribution in [-0.4, -0.2) is 32.0 Å². The minimum Gasteiger partial charge on any atom is -0.382 e. The number of hydrogen-bond donors (Lipinski definition) is 1. The van der Waals surface area contributed by atoms with Gasteiger partial charge >= 0.3 is 6.18 Å². The van der Waals surface area contributed by atoms with Gasteiger partial charge in [0.1, 0.15) is 0 Å². The van der Waals surface area contributed by atoms with Crippen LogP contribution in [0.3, 0.4) is 0 Å². The van der Waals surface area contributed by atoms with Crippen molar-refractivity contribution in [1.29, 1.82) is 0 Å². The zero-order chi connectivity index (χ0) is 13.3. The molecular weight excluding hydrogens is 231 g/mol. The Morgan fingerprint density at radius 3 is 2.41 bits per heavy atom. The van der Waals surface area contributed by atoms with E-state index in [2.05, 4.69) is 5.32 Å². The van der Waals surface area contributed by atoms with E-state index in [9.17, 15) is 13.2 Å². The van der Waals surface area contributed by atoms with E-state index >= 15 is 0 Å². The highest BCUT2D eigenvalue weighted by Gasteiger charge is 2.26. The Balaban J connectivity index is 3.92. The van der Waals surface area contributed by atoms with Crippen LogP contribution >= 0.6 is 0 Å². The minimum absolute atomic E-state index is 0.0789. The highest BCUT2D eigenvalue weighted by atomic mass is 19.4. The lowest BCUT2D eigenvalue weighted by atomic mass is 10.0. The SMILES string of the molecule is CCCNC(CCCC(F)(F)F)CC(C)OC. The van der Waals surface area contributed by atoms with E-state index in [0.29, 0.717) is 6.42 Å². The van der Waals surface area contributed by atoms with Gasteiger partial charge in [-0.05, 0) is 39.2 Å². The van der Waals surface area contributed by atoms with Gasteiger partial charge in [-0.25, -0.2) is 0 Å². The molecule has 2 nitrogen and oxygen atoms in total. The van der Waals surface area contributed by atoms with Gasteiger partial charge in [0.15, 0.2) is 0 Å².